The SMILES string of the molecule is Cn1nnc2cc(C(=O)NCCC3CCNC3)ccc21. The molecule has 6 heteroatoms. The summed E-state index contributed by atoms with van der Waals surface area (Å²) in [6, 6.07) is 5.48. The molecule has 0 bridgehead atoms. The van der Waals surface area contributed by atoms with Crippen molar-refractivity contribution in [3.63, 3.8) is 0 Å². The summed E-state index contributed by atoms with van der Waals surface area (Å²) in [5.74, 6) is 0.654. The lowest BCUT2D eigenvalue weighted by atomic mass is 10.1. The van der Waals surface area contributed by atoms with Gasteiger partial charge in [-0.1, -0.05) is 5.21 Å². The quantitative estimate of drug-likeness (QED) is 0.860. The van der Waals surface area contributed by atoms with Crippen LogP contribution in [0.5, 0.6) is 0 Å². The highest BCUT2D eigenvalue weighted by Crippen LogP contribution is 2.13. The molecule has 20 heavy (non-hydrogen) atoms. The first kappa shape index (κ1) is 13.1. The van der Waals surface area contributed by atoms with Crippen LogP contribution in [0.2, 0.25) is 0 Å². The molecular weight excluding hydrogens is 254 g/mol. The molecule has 1 aromatic heterocycles. The fourth-order valence-corrected chi connectivity index (χ4v) is 2.63. The van der Waals surface area contributed by atoms with Crippen LogP contribution < -0.4 is 10.6 Å². The van der Waals surface area contributed by atoms with Crippen LogP contribution in [0.15, 0.2) is 18.2 Å². The Morgan fingerprint density at radius 2 is 2.45 bits per heavy atom. The molecule has 2 N–H and O–H groups in total. The van der Waals surface area contributed by atoms with E-state index in [0.29, 0.717) is 11.5 Å². The first-order chi connectivity index (χ1) is 9.74. The molecule has 1 fully saturated rings. The maximum absolute atomic E-state index is 12.1. The van der Waals surface area contributed by atoms with Crippen LogP contribution in [0.3, 0.4) is 0 Å². The van der Waals surface area contributed by atoms with Gasteiger partial charge in [0.2, 0.25) is 0 Å². The smallest absolute Gasteiger partial charge is 0.251 e. The van der Waals surface area contributed by atoms with Crippen molar-refractivity contribution in [2.24, 2.45) is 13.0 Å². The Hall–Kier alpha value is -1.95. The Morgan fingerprint density at radius 3 is 3.25 bits per heavy atom. The van der Waals surface area contributed by atoms with Crippen molar-refractivity contribution in [1.82, 2.24) is 25.6 Å². The van der Waals surface area contributed by atoms with Gasteiger partial charge in [-0.2, -0.15) is 0 Å². The summed E-state index contributed by atoms with van der Waals surface area (Å²) in [5.41, 5.74) is 2.32. The summed E-state index contributed by atoms with van der Waals surface area (Å²) in [6.45, 7) is 2.90. The fraction of sp³-hybridized carbons (Fsp3) is 0.500. The maximum atomic E-state index is 12.1. The van der Waals surface area contributed by atoms with E-state index in [1.165, 1.54) is 6.42 Å². The van der Waals surface area contributed by atoms with E-state index in [9.17, 15) is 4.79 Å². The number of carbonyl (C=O) groups is 1. The lowest BCUT2D eigenvalue weighted by Gasteiger charge is -2.09. The Bertz CT molecular complexity index is 615. The Morgan fingerprint density at radius 1 is 1.55 bits per heavy atom. The second-order valence-corrected chi connectivity index (χ2v) is 5.32. The van der Waals surface area contributed by atoms with Gasteiger partial charge in [-0.05, 0) is 50.0 Å². The average molecular weight is 273 g/mol. The van der Waals surface area contributed by atoms with E-state index in [2.05, 4.69) is 20.9 Å². The molecule has 3 rings (SSSR count). The molecule has 6 nitrogen and oxygen atoms in total. The number of amides is 1. The van der Waals surface area contributed by atoms with Crippen molar-refractivity contribution < 1.29 is 4.79 Å². The molecule has 1 aliphatic heterocycles. The number of aromatic nitrogens is 3. The molecule has 0 aliphatic carbocycles. The molecule has 1 aliphatic rings. The molecule has 0 radical (unpaired) electrons. The number of benzene rings is 1. The van der Waals surface area contributed by atoms with E-state index in [1.54, 1.807) is 10.7 Å². The lowest BCUT2D eigenvalue weighted by Crippen LogP contribution is -2.26. The Labute approximate surface area is 117 Å². The van der Waals surface area contributed by atoms with Gasteiger partial charge in [-0.25, -0.2) is 4.68 Å². The molecule has 1 saturated heterocycles. The van der Waals surface area contributed by atoms with E-state index < -0.39 is 0 Å². The third kappa shape index (κ3) is 2.65. The van der Waals surface area contributed by atoms with Crippen LogP contribution in [0, 0.1) is 5.92 Å². The summed E-state index contributed by atoms with van der Waals surface area (Å²) < 4.78 is 1.70. The Balaban J connectivity index is 1.60. The van der Waals surface area contributed by atoms with Gasteiger partial charge in [-0.15, -0.1) is 5.10 Å². The molecule has 1 amide bonds. The van der Waals surface area contributed by atoms with Crippen molar-refractivity contribution in [3.05, 3.63) is 23.8 Å². The standard InChI is InChI=1S/C14H19N5O/c1-19-13-3-2-11(8-12(13)17-18-19)14(20)16-7-5-10-4-6-15-9-10/h2-3,8,10,15H,4-7,9H2,1H3,(H,16,20). The van der Waals surface area contributed by atoms with E-state index in [4.69, 9.17) is 0 Å². The predicted molar refractivity (Wildman–Crippen MR) is 76.4 cm³/mol. The minimum Gasteiger partial charge on any atom is -0.352 e. The predicted octanol–water partition coefficient (Wildman–Crippen LogP) is 0.698. The van der Waals surface area contributed by atoms with Gasteiger partial charge in [0.15, 0.2) is 0 Å². The van der Waals surface area contributed by atoms with Gasteiger partial charge in [0.1, 0.15) is 5.52 Å². The van der Waals surface area contributed by atoms with Crippen LogP contribution in [-0.4, -0.2) is 40.5 Å². The van der Waals surface area contributed by atoms with Gasteiger partial charge in [0.25, 0.3) is 5.91 Å². The maximum Gasteiger partial charge on any atom is 0.251 e. The highest BCUT2D eigenvalue weighted by Gasteiger charge is 2.14. The largest absolute Gasteiger partial charge is 0.352 e. The monoisotopic (exact) mass is 273 g/mol. The van der Waals surface area contributed by atoms with Gasteiger partial charge in [0.05, 0.1) is 5.52 Å². The van der Waals surface area contributed by atoms with Gasteiger partial charge >= 0.3 is 0 Å². The minimum atomic E-state index is -0.0384. The van der Waals surface area contributed by atoms with E-state index in [-0.39, 0.29) is 5.91 Å². The zero-order valence-electron chi connectivity index (χ0n) is 11.6. The Kier molecular flexibility index (Phi) is 3.64. The highest BCUT2D eigenvalue weighted by atomic mass is 16.1. The lowest BCUT2D eigenvalue weighted by molar-refractivity contribution is 0.0952. The van der Waals surface area contributed by atoms with Crippen LogP contribution >= 0.6 is 0 Å². The molecule has 2 aromatic rings. The third-order valence-electron chi connectivity index (χ3n) is 3.87. The van der Waals surface area contributed by atoms with Crippen molar-refractivity contribution in [1.29, 1.82) is 0 Å². The number of nitrogens with one attached hydrogen (secondary N) is 2. The zero-order valence-corrected chi connectivity index (χ0v) is 11.6. The number of fused-ring (bicyclic) bond motifs is 1. The average Bonchev–Trinajstić information content (AvgIpc) is 3.09. The topological polar surface area (TPSA) is 71.8 Å². The van der Waals surface area contributed by atoms with Crippen molar-refractivity contribution in [3.8, 4) is 0 Å². The zero-order chi connectivity index (χ0) is 13.9. The second-order valence-electron chi connectivity index (χ2n) is 5.32. The van der Waals surface area contributed by atoms with Crippen LogP contribution in [-0.2, 0) is 7.05 Å². The summed E-state index contributed by atoms with van der Waals surface area (Å²) in [4.78, 5) is 12.1. The van der Waals surface area contributed by atoms with Gasteiger partial charge < -0.3 is 10.6 Å². The molecule has 106 valence electrons. The number of hydrogen-bond donors (Lipinski definition) is 2. The van der Waals surface area contributed by atoms with Crippen molar-refractivity contribution >= 4 is 16.9 Å². The summed E-state index contributed by atoms with van der Waals surface area (Å²) in [7, 11) is 1.84. The number of rotatable bonds is 4. The second kappa shape index (κ2) is 5.58. The number of carbonyl (C=O) groups excluding carboxylic acids is 1. The summed E-state index contributed by atoms with van der Waals surface area (Å²) in [6.07, 6.45) is 2.24. The van der Waals surface area contributed by atoms with E-state index >= 15 is 0 Å². The van der Waals surface area contributed by atoms with Crippen LogP contribution in [0.4, 0.5) is 0 Å². The third-order valence-corrected chi connectivity index (χ3v) is 3.87. The van der Waals surface area contributed by atoms with E-state index in [0.717, 1.165) is 37.1 Å². The number of hydrogen-bond acceptors (Lipinski definition) is 4. The van der Waals surface area contributed by atoms with Gasteiger partial charge in [-0.3, -0.25) is 4.79 Å². The van der Waals surface area contributed by atoms with Gasteiger partial charge in [0, 0.05) is 19.2 Å². The van der Waals surface area contributed by atoms with E-state index in [1.807, 2.05) is 19.2 Å². The normalized spacial score (nSPS) is 18.6. The molecule has 1 aromatic carbocycles. The molecule has 0 saturated carbocycles. The number of aryl methyl sites for hydroxylation is 1. The first-order valence-corrected chi connectivity index (χ1v) is 7.02. The molecule has 2 heterocycles. The molecular formula is C14H19N5O. The van der Waals surface area contributed by atoms with Crippen LogP contribution in [0.1, 0.15) is 23.2 Å². The van der Waals surface area contributed by atoms with Crippen molar-refractivity contribution in [2.75, 3.05) is 19.6 Å². The molecule has 1 unspecified atom stereocenters. The van der Waals surface area contributed by atoms with Crippen LogP contribution in [0.25, 0.3) is 11.0 Å². The van der Waals surface area contributed by atoms with Crippen molar-refractivity contribution in [2.45, 2.75) is 12.8 Å². The molecule has 0 spiro atoms. The highest BCUT2D eigenvalue weighted by molar-refractivity contribution is 5.97. The first-order valence-electron chi connectivity index (χ1n) is 7.02. The molecule has 1 atom stereocenters. The summed E-state index contributed by atoms with van der Waals surface area (Å²) >= 11 is 0. The minimum absolute atomic E-state index is 0.0384. The fourth-order valence-electron chi connectivity index (χ4n) is 2.63. The number of nitrogens with zero attached hydrogens (tertiary/aromatic N) is 3. The summed E-state index contributed by atoms with van der Waals surface area (Å²) in [5, 5.41) is 14.3.